The minimum Gasteiger partial charge on any atom is -0.394 e. The lowest BCUT2D eigenvalue weighted by molar-refractivity contribution is -0.428. The molecule has 1 aliphatic carbocycles. The number of alkyl halides is 3. The molecule has 0 aliphatic heterocycles. The van der Waals surface area contributed by atoms with E-state index in [-0.39, 0.29) is 43.9 Å². The van der Waals surface area contributed by atoms with Crippen LogP contribution in [0.5, 0.6) is 0 Å². The van der Waals surface area contributed by atoms with Crippen LogP contribution < -0.4 is 5.73 Å². The van der Waals surface area contributed by atoms with E-state index in [0.29, 0.717) is 18.4 Å². The van der Waals surface area contributed by atoms with Gasteiger partial charge >= 0.3 is 14.0 Å². The van der Waals surface area contributed by atoms with Gasteiger partial charge < -0.3 is 25.4 Å². The monoisotopic (exact) mass is 542 g/mol. The molecule has 1 aliphatic rings. The highest BCUT2D eigenvalue weighted by Crippen LogP contribution is 2.37. The number of phosphoric acid groups is 1. The summed E-state index contributed by atoms with van der Waals surface area (Å²) in [7, 11) is -4.79. The van der Waals surface area contributed by atoms with Crippen molar-refractivity contribution in [2.24, 2.45) is 11.7 Å². The van der Waals surface area contributed by atoms with E-state index in [0.717, 1.165) is 0 Å². The predicted octanol–water partition coefficient (Wildman–Crippen LogP) is 3.92. The molecule has 0 fully saturated rings. The second kappa shape index (κ2) is 14.8. The number of hydrogen-bond acceptors (Lipinski definition) is 7. The van der Waals surface area contributed by atoms with Crippen molar-refractivity contribution in [3.05, 3.63) is 58.3 Å². The Bertz CT molecular complexity index is 872. The molecule has 0 radical (unpaired) electrons. The summed E-state index contributed by atoms with van der Waals surface area (Å²) < 4.78 is 59.9. The SMILES string of the molecule is C=C/C(=C\CC(CC(F)(F)F)OCCCC1C=CC=C([N+](=O)[O-])C1)CCC(N)(CO)COP(=O)(O)O. The van der Waals surface area contributed by atoms with E-state index in [9.17, 15) is 33.0 Å². The van der Waals surface area contributed by atoms with Crippen LogP contribution in [0.3, 0.4) is 0 Å². The van der Waals surface area contributed by atoms with Crippen LogP contribution >= 0.6 is 7.82 Å². The minimum absolute atomic E-state index is 0.0294. The van der Waals surface area contributed by atoms with Crippen LogP contribution in [-0.2, 0) is 13.8 Å². The molecule has 36 heavy (non-hydrogen) atoms. The first-order valence-corrected chi connectivity index (χ1v) is 12.8. The number of ether oxygens (including phenoxy) is 1. The van der Waals surface area contributed by atoms with Gasteiger partial charge in [-0.1, -0.05) is 36.5 Å². The highest BCUT2D eigenvalue weighted by Gasteiger charge is 2.32. The maximum Gasteiger partial charge on any atom is 0.469 e. The summed E-state index contributed by atoms with van der Waals surface area (Å²) in [6, 6.07) is 0. The van der Waals surface area contributed by atoms with Crippen LogP contribution in [0, 0.1) is 16.0 Å². The summed E-state index contributed by atoms with van der Waals surface area (Å²) in [5.74, 6) is -0.0788. The van der Waals surface area contributed by atoms with Crippen LogP contribution in [0.15, 0.2) is 48.2 Å². The Morgan fingerprint density at radius 3 is 2.67 bits per heavy atom. The molecule has 0 aromatic rings. The van der Waals surface area contributed by atoms with E-state index in [1.165, 1.54) is 18.2 Å². The number of phosphoric ester groups is 1. The quantitative estimate of drug-likeness (QED) is 0.0701. The van der Waals surface area contributed by atoms with Crippen LogP contribution in [0.4, 0.5) is 13.2 Å². The van der Waals surface area contributed by atoms with Crippen molar-refractivity contribution in [2.75, 3.05) is 19.8 Å². The molecule has 0 saturated carbocycles. The maximum atomic E-state index is 13.0. The molecule has 0 heterocycles. The van der Waals surface area contributed by atoms with Crippen molar-refractivity contribution < 1.29 is 46.8 Å². The highest BCUT2D eigenvalue weighted by atomic mass is 31.2. The Labute approximate surface area is 207 Å². The van der Waals surface area contributed by atoms with E-state index in [1.807, 2.05) is 6.08 Å². The Morgan fingerprint density at radius 1 is 1.42 bits per heavy atom. The van der Waals surface area contributed by atoms with Crippen LogP contribution in [0.1, 0.15) is 44.9 Å². The van der Waals surface area contributed by atoms with E-state index in [2.05, 4.69) is 11.1 Å². The van der Waals surface area contributed by atoms with Gasteiger partial charge in [0.1, 0.15) is 0 Å². The second-order valence-corrected chi connectivity index (χ2v) is 9.96. The van der Waals surface area contributed by atoms with Crippen molar-refractivity contribution in [2.45, 2.75) is 62.8 Å². The molecule has 0 aromatic carbocycles. The number of aliphatic hydroxyl groups excluding tert-OH is 1. The molecule has 0 aromatic heterocycles. The van der Waals surface area contributed by atoms with Crippen molar-refractivity contribution >= 4 is 7.82 Å². The van der Waals surface area contributed by atoms with Gasteiger partial charge in [-0.2, -0.15) is 13.2 Å². The first-order chi connectivity index (χ1) is 16.7. The number of aliphatic hydroxyl groups is 1. The molecule has 0 amide bonds. The topological polar surface area (TPSA) is 165 Å². The number of nitrogens with zero attached hydrogens (tertiary/aromatic N) is 1. The van der Waals surface area contributed by atoms with E-state index < -0.39 is 50.2 Å². The van der Waals surface area contributed by atoms with Gasteiger partial charge in [0.05, 0.1) is 36.2 Å². The van der Waals surface area contributed by atoms with Crippen molar-refractivity contribution in [1.29, 1.82) is 0 Å². The lowest BCUT2D eigenvalue weighted by Gasteiger charge is -2.27. The third-order valence-corrected chi connectivity index (χ3v) is 6.03. The standard InChI is InChI=1S/C22H34F3N2O8P/c1-2-17(10-11-21(26,15-28)16-35-36(31,32)33)8-9-20(14-22(23,24)25)34-12-4-6-18-5-3-7-19(13-18)27(29)30/h2-3,5,7-8,18,20,28H,1,4,6,9-16,26H2,(H2,31,32,33)/b17-8+. The van der Waals surface area contributed by atoms with E-state index in [4.69, 9.17) is 20.3 Å². The third kappa shape index (κ3) is 14.0. The predicted molar refractivity (Wildman–Crippen MR) is 126 cm³/mol. The average Bonchev–Trinajstić information content (AvgIpc) is 2.79. The zero-order chi connectivity index (χ0) is 27.4. The summed E-state index contributed by atoms with van der Waals surface area (Å²) in [6.07, 6.45) is 2.36. The first kappa shape index (κ1) is 32.2. The molecule has 3 atom stereocenters. The molecule has 1 rings (SSSR count). The fourth-order valence-electron chi connectivity index (χ4n) is 3.50. The number of nitro groups is 1. The highest BCUT2D eigenvalue weighted by molar-refractivity contribution is 7.46. The molecule has 0 spiro atoms. The fraction of sp³-hybridized carbons (Fsp3) is 0.636. The number of halogens is 3. The number of nitrogens with two attached hydrogens (primary N) is 1. The van der Waals surface area contributed by atoms with Crippen molar-refractivity contribution in [3.63, 3.8) is 0 Å². The number of allylic oxidation sites excluding steroid dienone is 6. The molecule has 14 heteroatoms. The maximum absolute atomic E-state index is 13.0. The number of rotatable bonds is 17. The average molecular weight is 542 g/mol. The zero-order valence-corrected chi connectivity index (χ0v) is 20.7. The third-order valence-electron chi connectivity index (χ3n) is 5.56. The molecule has 10 nitrogen and oxygen atoms in total. The molecule has 0 saturated heterocycles. The van der Waals surface area contributed by atoms with Gasteiger partial charge in [-0.15, -0.1) is 0 Å². The molecule has 0 bridgehead atoms. The Kier molecular flexibility index (Phi) is 13.2. The summed E-state index contributed by atoms with van der Waals surface area (Å²) >= 11 is 0. The summed E-state index contributed by atoms with van der Waals surface area (Å²) in [5, 5.41) is 20.4. The van der Waals surface area contributed by atoms with E-state index in [1.54, 1.807) is 6.08 Å². The van der Waals surface area contributed by atoms with Gasteiger partial charge in [0, 0.05) is 19.1 Å². The van der Waals surface area contributed by atoms with Gasteiger partial charge in [-0.25, -0.2) is 4.57 Å². The summed E-state index contributed by atoms with van der Waals surface area (Å²) in [5.41, 5.74) is 5.06. The zero-order valence-electron chi connectivity index (χ0n) is 19.8. The molecule has 206 valence electrons. The van der Waals surface area contributed by atoms with Gasteiger partial charge in [0.25, 0.3) is 0 Å². The van der Waals surface area contributed by atoms with Crippen LogP contribution in [-0.4, -0.2) is 57.5 Å². The van der Waals surface area contributed by atoms with Crippen LogP contribution in [0.25, 0.3) is 0 Å². The van der Waals surface area contributed by atoms with Crippen molar-refractivity contribution in [1.82, 2.24) is 0 Å². The lowest BCUT2D eigenvalue weighted by atomic mass is 9.93. The van der Waals surface area contributed by atoms with Gasteiger partial charge in [0.2, 0.25) is 5.70 Å². The Morgan fingerprint density at radius 2 is 2.11 bits per heavy atom. The van der Waals surface area contributed by atoms with Crippen LogP contribution in [0.2, 0.25) is 0 Å². The summed E-state index contributed by atoms with van der Waals surface area (Å²) in [4.78, 5) is 28.1. The minimum atomic E-state index is -4.79. The smallest absolute Gasteiger partial charge is 0.394 e. The van der Waals surface area contributed by atoms with Crippen molar-refractivity contribution in [3.8, 4) is 0 Å². The molecule has 3 unspecified atom stereocenters. The number of hydrogen-bond donors (Lipinski definition) is 4. The van der Waals surface area contributed by atoms with Gasteiger partial charge in [-0.3, -0.25) is 14.6 Å². The second-order valence-electron chi connectivity index (χ2n) is 8.72. The lowest BCUT2D eigenvalue weighted by Crippen LogP contribution is -2.47. The van der Waals surface area contributed by atoms with Gasteiger partial charge in [-0.05, 0) is 38.0 Å². The Balaban J connectivity index is 2.63. The molecule has 5 N–H and O–H groups in total. The largest absolute Gasteiger partial charge is 0.469 e. The fourth-order valence-corrected chi connectivity index (χ4v) is 3.92. The summed E-state index contributed by atoms with van der Waals surface area (Å²) in [6.45, 7) is 2.42. The normalized spacial score (nSPS) is 19.5. The molecular weight excluding hydrogens is 508 g/mol. The first-order valence-electron chi connectivity index (χ1n) is 11.3. The Hall–Kier alpha value is -1.86. The molecular formula is C22H34F3N2O8P. The van der Waals surface area contributed by atoms with Gasteiger partial charge in [0.15, 0.2) is 0 Å². The van der Waals surface area contributed by atoms with E-state index >= 15 is 0 Å².